The number of alkyl halides is 1. The fourth-order valence-corrected chi connectivity index (χ4v) is 3.35. The van der Waals surface area contributed by atoms with Crippen LogP contribution in [-0.2, 0) is 4.79 Å². The smallest absolute Gasteiger partial charge is 0.262 e. The van der Waals surface area contributed by atoms with Crippen molar-refractivity contribution in [2.45, 2.75) is 4.83 Å². The Morgan fingerprint density at radius 1 is 1.19 bits per heavy atom. The maximum absolute atomic E-state index is 11.4. The number of carbonyl (C=O) groups excluding carboxylic acids is 1. The molecule has 1 heterocycles. The monoisotopic (exact) mass is 385 g/mol. The number of anilines is 1. The topological polar surface area (TPSA) is 38.3 Å². The van der Waals surface area contributed by atoms with Crippen LogP contribution in [0.5, 0.6) is 5.75 Å². The van der Waals surface area contributed by atoms with E-state index < -0.39 is 0 Å². The Kier molecular flexibility index (Phi) is 4.11. The Bertz CT molecular complexity index is 721. The van der Waals surface area contributed by atoms with E-state index >= 15 is 0 Å². The second-order valence-corrected chi connectivity index (χ2v) is 6.38. The SMILES string of the molecule is O=C1COc2ccc(C(Br)c3cc(Cl)ccc3Cl)cc2N1. The molecule has 0 fully saturated rings. The van der Waals surface area contributed by atoms with Gasteiger partial charge in [0, 0.05) is 10.0 Å². The molecule has 0 radical (unpaired) electrons. The van der Waals surface area contributed by atoms with Crippen molar-refractivity contribution in [1.82, 2.24) is 0 Å². The summed E-state index contributed by atoms with van der Waals surface area (Å²) in [5.41, 5.74) is 2.47. The molecule has 1 unspecified atom stereocenters. The molecule has 1 aliphatic heterocycles. The number of carbonyl (C=O) groups is 1. The molecule has 0 spiro atoms. The lowest BCUT2D eigenvalue weighted by atomic mass is 10.0. The van der Waals surface area contributed by atoms with E-state index in [1.807, 2.05) is 24.3 Å². The molecule has 1 amide bonds. The highest BCUT2D eigenvalue weighted by atomic mass is 79.9. The van der Waals surface area contributed by atoms with E-state index in [0.717, 1.165) is 11.1 Å². The second-order valence-electron chi connectivity index (χ2n) is 4.62. The van der Waals surface area contributed by atoms with Gasteiger partial charge in [-0.15, -0.1) is 0 Å². The molecule has 1 atom stereocenters. The number of ether oxygens (including phenoxy) is 1. The van der Waals surface area contributed by atoms with Crippen molar-refractivity contribution < 1.29 is 9.53 Å². The van der Waals surface area contributed by atoms with Gasteiger partial charge in [-0.25, -0.2) is 0 Å². The number of amides is 1. The Morgan fingerprint density at radius 2 is 2.00 bits per heavy atom. The largest absolute Gasteiger partial charge is 0.482 e. The predicted octanol–water partition coefficient (Wildman–Crippen LogP) is 4.81. The van der Waals surface area contributed by atoms with Crippen molar-refractivity contribution in [3.63, 3.8) is 0 Å². The zero-order chi connectivity index (χ0) is 15.0. The molecule has 3 nitrogen and oxygen atoms in total. The molecule has 1 aliphatic rings. The summed E-state index contributed by atoms with van der Waals surface area (Å²) in [6, 6.07) is 10.9. The minimum Gasteiger partial charge on any atom is -0.482 e. The molecule has 2 aromatic carbocycles. The van der Waals surface area contributed by atoms with Crippen molar-refractivity contribution in [3.8, 4) is 5.75 Å². The van der Waals surface area contributed by atoms with Gasteiger partial charge in [0.15, 0.2) is 6.61 Å². The molecule has 108 valence electrons. The van der Waals surface area contributed by atoms with Crippen LogP contribution >= 0.6 is 39.1 Å². The Labute approximate surface area is 140 Å². The molecule has 2 aromatic rings. The fourth-order valence-electron chi connectivity index (χ4n) is 2.15. The molecule has 3 rings (SSSR count). The third kappa shape index (κ3) is 3.03. The normalized spacial score (nSPS) is 14.9. The zero-order valence-corrected chi connectivity index (χ0v) is 13.8. The number of halogens is 3. The Hall–Kier alpha value is -1.23. The Morgan fingerprint density at radius 3 is 2.81 bits per heavy atom. The fraction of sp³-hybridized carbons (Fsp3) is 0.133. The van der Waals surface area contributed by atoms with E-state index in [1.165, 1.54) is 0 Å². The second kappa shape index (κ2) is 5.87. The van der Waals surface area contributed by atoms with Gasteiger partial charge in [0.25, 0.3) is 5.91 Å². The van der Waals surface area contributed by atoms with Gasteiger partial charge in [0.1, 0.15) is 5.75 Å². The highest BCUT2D eigenvalue weighted by Gasteiger charge is 2.20. The van der Waals surface area contributed by atoms with Crippen molar-refractivity contribution >= 4 is 50.7 Å². The quantitative estimate of drug-likeness (QED) is 0.752. The van der Waals surface area contributed by atoms with Gasteiger partial charge in [-0.2, -0.15) is 0 Å². The lowest BCUT2D eigenvalue weighted by molar-refractivity contribution is -0.118. The minimum atomic E-state index is -0.161. The standard InChI is InChI=1S/C15H10BrCl2NO2/c16-15(10-6-9(17)2-3-11(10)18)8-1-4-13-12(5-8)19-14(20)7-21-13/h1-6,15H,7H2,(H,19,20). The van der Waals surface area contributed by atoms with E-state index in [-0.39, 0.29) is 17.3 Å². The van der Waals surface area contributed by atoms with Crippen LogP contribution in [0.4, 0.5) is 5.69 Å². The zero-order valence-electron chi connectivity index (χ0n) is 10.7. The molecule has 6 heteroatoms. The third-order valence-electron chi connectivity index (χ3n) is 3.16. The minimum absolute atomic E-state index is 0.0458. The first-order valence-electron chi connectivity index (χ1n) is 6.20. The third-order valence-corrected chi connectivity index (χ3v) is 4.76. The molecule has 0 aromatic heterocycles. The maximum atomic E-state index is 11.4. The maximum Gasteiger partial charge on any atom is 0.262 e. The summed E-state index contributed by atoms with van der Waals surface area (Å²) in [5.74, 6) is 0.502. The van der Waals surface area contributed by atoms with E-state index in [0.29, 0.717) is 21.5 Å². The summed E-state index contributed by atoms with van der Waals surface area (Å²) >= 11 is 15.9. The van der Waals surface area contributed by atoms with Gasteiger partial charge in [0.2, 0.25) is 0 Å². The number of rotatable bonds is 2. The van der Waals surface area contributed by atoms with Crippen LogP contribution in [0.1, 0.15) is 16.0 Å². The van der Waals surface area contributed by atoms with Crippen LogP contribution < -0.4 is 10.1 Å². The van der Waals surface area contributed by atoms with Crippen LogP contribution in [-0.4, -0.2) is 12.5 Å². The van der Waals surface area contributed by atoms with Gasteiger partial charge in [0.05, 0.1) is 10.5 Å². The van der Waals surface area contributed by atoms with E-state index in [9.17, 15) is 4.79 Å². The molecular weight excluding hydrogens is 377 g/mol. The molecule has 0 bridgehead atoms. The summed E-state index contributed by atoms with van der Waals surface area (Å²) in [4.78, 5) is 11.3. The van der Waals surface area contributed by atoms with Crippen molar-refractivity contribution in [2.24, 2.45) is 0 Å². The number of benzene rings is 2. The van der Waals surface area contributed by atoms with Crippen LogP contribution in [0, 0.1) is 0 Å². The van der Waals surface area contributed by atoms with Crippen LogP contribution in [0.3, 0.4) is 0 Å². The molecule has 0 saturated heterocycles. The van der Waals surface area contributed by atoms with Gasteiger partial charge in [-0.1, -0.05) is 45.2 Å². The van der Waals surface area contributed by atoms with Crippen molar-refractivity contribution in [3.05, 3.63) is 57.6 Å². The lowest BCUT2D eigenvalue weighted by Crippen LogP contribution is -2.25. The van der Waals surface area contributed by atoms with Gasteiger partial charge in [-0.05, 0) is 41.5 Å². The molecular formula is C15H10BrCl2NO2. The first kappa shape index (κ1) is 14.7. The molecule has 0 saturated carbocycles. The highest BCUT2D eigenvalue weighted by molar-refractivity contribution is 9.09. The van der Waals surface area contributed by atoms with Crippen LogP contribution in [0.2, 0.25) is 10.0 Å². The van der Waals surface area contributed by atoms with E-state index in [4.69, 9.17) is 27.9 Å². The first-order valence-corrected chi connectivity index (χ1v) is 7.87. The van der Waals surface area contributed by atoms with Gasteiger partial charge >= 0.3 is 0 Å². The summed E-state index contributed by atoms with van der Waals surface area (Å²) < 4.78 is 5.34. The summed E-state index contributed by atoms with van der Waals surface area (Å²) in [6.45, 7) is 0.0458. The van der Waals surface area contributed by atoms with Crippen LogP contribution in [0.25, 0.3) is 0 Å². The molecule has 1 N–H and O–H groups in total. The van der Waals surface area contributed by atoms with E-state index in [2.05, 4.69) is 21.2 Å². The van der Waals surface area contributed by atoms with E-state index in [1.54, 1.807) is 12.1 Å². The highest BCUT2D eigenvalue weighted by Crippen LogP contribution is 2.39. The summed E-state index contributed by atoms with van der Waals surface area (Å²) in [5, 5.41) is 4.03. The average Bonchev–Trinajstić information content (AvgIpc) is 2.48. The number of nitrogens with one attached hydrogen (secondary N) is 1. The molecule has 21 heavy (non-hydrogen) atoms. The number of hydrogen-bond donors (Lipinski definition) is 1. The lowest BCUT2D eigenvalue weighted by Gasteiger charge is -2.20. The van der Waals surface area contributed by atoms with Gasteiger partial charge in [-0.3, -0.25) is 4.79 Å². The Balaban J connectivity index is 1.98. The summed E-state index contributed by atoms with van der Waals surface area (Å²) in [6.07, 6.45) is 0. The number of fused-ring (bicyclic) bond motifs is 1. The molecule has 0 aliphatic carbocycles. The van der Waals surface area contributed by atoms with Gasteiger partial charge < -0.3 is 10.1 Å². The first-order chi connectivity index (χ1) is 10.0. The van der Waals surface area contributed by atoms with Crippen molar-refractivity contribution in [1.29, 1.82) is 0 Å². The number of hydrogen-bond acceptors (Lipinski definition) is 2. The van der Waals surface area contributed by atoms with Crippen molar-refractivity contribution in [2.75, 3.05) is 11.9 Å². The predicted molar refractivity (Wildman–Crippen MR) is 87.8 cm³/mol. The summed E-state index contributed by atoms with van der Waals surface area (Å²) in [7, 11) is 0. The average molecular weight is 387 g/mol. The van der Waals surface area contributed by atoms with Crippen LogP contribution in [0.15, 0.2) is 36.4 Å².